The number of piperidine rings is 1. The van der Waals surface area contributed by atoms with Gasteiger partial charge in [0.15, 0.2) is 0 Å². The van der Waals surface area contributed by atoms with E-state index < -0.39 is 0 Å². The lowest BCUT2D eigenvalue weighted by Crippen LogP contribution is -2.43. The Morgan fingerprint density at radius 3 is 2.32 bits per heavy atom. The third-order valence-electron chi connectivity index (χ3n) is 3.88. The van der Waals surface area contributed by atoms with Crippen LogP contribution < -0.4 is 0 Å². The van der Waals surface area contributed by atoms with E-state index in [0.717, 1.165) is 51.7 Å². The second-order valence-electron chi connectivity index (χ2n) is 5.52. The molecule has 4 nitrogen and oxygen atoms in total. The molecule has 0 radical (unpaired) electrons. The molecule has 1 fully saturated rings. The van der Waals surface area contributed by atoms with Gasteiger partial charge in [-0.15, -0.1) is 0 Å². The summed E-state index contributed by atoms with van der Waals surface area (Å²) < 4.78 is 0. The van der Waals surface area contributed by atoms with Gasteiger partial charge in [-0.3, -0.25) is 9.59 Å². The number of likely N-dealkylation sites (tertiary alicyclic amines) is 1. The van der Waals surface area contributed by atoms with Gasteiger partial charge in [-0.25, -0.2) is 0 Å². The lowest BCUT2D eigenvalue weighted by molar-refractivity contribution is -0.139. The highest BCUT2D eigenvalue weighted by Gasteiger charge is 2.28. The number of carbonyl (C=O) groups excluding carboxylic acids is 2. The van der Waals surface area contributed by atoms with Crippen molar-refractivity contribution >= 4 is 11.8 Å². The Morgan fingerprint density at radius 1 is 1.16 bits per heavy atom. The van der Waals surface area contributed by atoms with Crippen LogP contribution in [0, 0.1) is 5.92 Å². The zero-order valence-electron chi connectivity index (χ0n) is 12.7. The molecule has 110 valence electrons. The van der Waals surface area contributed by atoms with Crippen molar-refractivity contribution in [3.63, 3.8) is 0 Å². The molecule has 1 heterocycles. The molecule has 4 heteroatoms. The van der Waals surface area contributed by atoms with Crippen molar-refractivity contribution in [3.05, 3.63) is 0 Å². The monoisotopic (exact) mass is 268 g/mol. The molecule has 19 heavy (non-hydrogen) atoms. The fraction of sp³-hybridized carbons (Fsp3) is 0.867. The first kappa shape index (κ1) is 16.0. The normalized spacial score (nSPS) is 16.5. The summed E-state index contributed by atoms with van der Waals surface area (Å²) in [5.74, 6) is 0.622. The third-order valence-corrected chi connectivity index (χ3v) is 3.88. The van der Waals surface area contributed by atoms with Gasteiger partial charge in [0.2, 0.25) is 11.8 Å². The van der Waals surface area contributed by atoms with Crippen LogP contribution in [0.25, 0.3) is 0 Å². The smallest absolute Gasteiger partial charge is 0.225 e. The Kier molecular flexibility index (Phi) is 6.89. The van der Waals surface area contributed by atoms with Crippen LogP contribution in [0.3, 0.4) is 0 Å². The molecular formula is C15H28N2O2. The van der Waals surface area contributed by atoms with Crippen molar-refractivity contribution in [2.45, 2.75) is 52.4 Å². The van der Waals surface area contributed by atoms with Crippen LogP contribution in [0.15, 0.2) is 0 Å². The van der Waals surface area contributed by atoms with Crippen LogP contribution in [0.4, 0.5) is 0 Å². The quantitative estimate of drug-likeness (QED) is 0.741. The molecule has 0 spiro atoms. The highest BCUT2D eigenvalue weighted by atomic mass is 16.2. The molecule has 1 saturated heterocycles. The van der Waals surface area contributed by atoms with Crippen molar-refractivity contribution in [1.82, 2.24) is 9.80 Å². The van der Waals surface area contributed by atoms with Crippen molar-refractivity contribution in [3.8, 4) is 0 Å². The van der Waals surface area contributed by atoms with Crippen molar-refractivity contribution in [2.24, 2.45) is 5.92 Å². The average molecular weight is 268 g/mol. The van der Waals surface area contributed by atoms with Gasteiger partial charge in [-0.1, -0.05) is 20.3 Å². The number of nitrogens with zero attached hydrogens (tertiary/aromatic N) is 2. The van der Waals surface area contributed by atoms with Crippen LogP contribution in [0.2, 0.25) is 0 Å². The van der Waals surface area contributed by atoms with E-state index >= 15 is 0 Å². The fourth-order valence-corrected chi connectivity index (χ4v) is 2.56. The second-order valence-corrected chi connectivity index (χ2v) is 5.52. The third kappa shape index (κ3) is 4.84. The minimum atomic E-state index is 0.118. The van der Waals surface area contributed by atoms with E-state index in [0.29, 0.717) is 6.42 Å². The molecule has 1 aliphatic heterocycles. The molecule has 1 rings (SSSR count). The molecule has 0 unspecified atom stereocenters. The summed E-state index contributed by atoms with van der Waals surface area (Å²) >= 11 is 0. The number of amides is 2. The summed E-state index contributed by atoms with van der Waals surface area (Å²) in [6, 6.07) is 0. The summed E-state index contributed by atoms with van der Waals surface area (Å²) in [5.41, 5.74) is 0. The number of hydrogen-bond donors (Lipinski definition) is 0. The Bertz CT molecular complexity index is 297. The molecule has 2 amide bonds. The van der Waals surface area contributed by atoms with Gasteiger partial charge in [0, 0.05) is 39.0 Å². The van der Waals surface area contributed by atoms with Crippen LogP contribution in [-0.4, -0.2) is 48.3 Å². The minimum Gasteiger partial charge on any atom is -0.346 e. The van der Waals surface area contributed by atoms with E-state index in [2.05, 4.69) is 6.92 Å². The van der Waals surface area contributed by atoms with Gasteiger partial charge in [0.25, 0.3) is 0 Å². The maximum Gasteiger partial charge on any atom is 0.225 e. The highest BCUT2D eigenvalue weighted by Crippen LogP contribution is 2.20. The molecule has 1 aliphatic rings. The van der Waals surface area contributed by atoms with Gasteiger partial charge in [-0.05, 0) is 25.7 Å². The second kappa shape index (κ2) is 8.18. The number of rotatable bonds is 6. The maximum absolute atomic E-state index is 12.2. The number of unbranched alkanes of at least 4 members (excludes halogenated alkanes) is 1. The Balaban J connectivity index is 2.36. The lowest BCUT2D eigenvalue weighted by Gasteiger charge is -2.33. The zero-order valence-corrected chi connectivity index (χ0v) is 12.7. The minimum absolute atomic E-state index is 0.118. The van der Waals surface area contributed by atoms with Crippen molar-refractivity contribution in [2.75, 3.05) is 26.7 Å². The Morgan fingerprint density at radius 2 is 1.79 bits per heavy atom. The predicted octanol–water partition coefficient (Wildman–Crippen LogP) is 2.28. The standard InChI is InChI=1S/C15H28N2O2/c1-4-6-10-16(3)15(19)13-8-11-17(12-9-13)14(18)7-5-2/h13H,4-12H2,1-3H3. The van der Waals surface area contributed by atoms with E-state index in [1.807, 2.05) is 23.8 Å². The SMILES string of the molecule is CCCCN(C)C(=O)C1CCN(C(=O)CCC)CC1. The van der Waals surface area contributed by atoms with Crippen LogP contribution >= 0.6 is 0 Å². The van der Waals surface area contributed by atoms with Crippen LogP contribution in [0.5, 0.6) is 0 Å². The maximum atomic E-state index is 12.2. The molecule has 0 atom stereocenters. The van der Waals surface area contributed by atoms with Gasteiger partial charge >= 0.3 is 0 Å². The topological polar surface area (TPSA) is 40.6 Å². The van der Waals surface area contributed by atoms with Crippen LogP contribution in [-0.2, 0) is 9.59 Å². The Labute approximate surface area is 117 Å². The molecule has 0 saturated carbocycles. The highest BCUT2D eigenvalue weighted by molar-refractivity contribution is 5.80. The summed E-state index contributed by atoms with van der Waals surface area (Å²) in [4.78, 5) is 27.8. The van der Waals surface area contributed by atoms with E-state index in [4.69, 9.17) is 0 Å². The van der Waals surface area contributed by atoms with E-state index in [9.17, 15) is 9.59 Å². The molecular weight excluding hydrogens is 240 g/mol. The Hall–Kier alpha value is -1.06. The first-order valence-electron chi connectivity index (χ1n) is 7.62. The van der Waals surface area contributed by atoms with Crippen LogP contribution in [0.1, 0.15) is 52.4 Å². The molecule has 0 aromatic rings. The predicted molar refractivity (Wildman–Crippen MR) is 76.8 cm³/mol. The molecule has 0 aromatic carbocycles. The first-order valence-corrected chi connectivity index (χ1v) is 7.62. The largest absolute Gasteiger partial charge is 0.346 e. The summed E-state index contributed by atoms with van der Waals surface area (Å²) in [6.07, 6.45) is 5.36. The zero-order chi connectivity index (χ0) is 14.3. The van der Waals surface area contributed by atoms with E-state index in [1.54, 1.807) is 0 Å². The molecule has 0 bridgehead atoms. The first-order chi connectivity index (χ1) is 9.10. The van der Waals surface area contributed by atoms with Gasteiger partial charge in [0.1, 0.15) is 0 Å². The van der Waals surface area contributed by atoms with Crippen molar-refractivity contribution < 1.29 is 9.59 Å². The molecule has 0 aromatic heterocycles. The van der Waals surface area contributed by atoms with Gasteiger partial charge in [0.05, 0.1) is 0 Å². The molecule has 0 N–H and O–H groups in total. The number of carbonyl (C=O) groups is 2. The van der Waals surface area contributed by atoms with Gasteiger partial charge in [-0.2, -0.15) is 0 Å². The van der Waals surface area contributed by atoms with E-state index in [1.165, 1.54) is 0 Å². The van der Waals surface area contributed by atoms with Crippen molar-refractivity contribution in [1.29, 1.82) is 0 Å². The lowest BCUT2D eigenvalue weighted by atomic mass is 9.95. The average Bonchev–Trinajstić information content (AvgIpc) is 2.44. The summed E-state index contributed by atoms with van der Waals surface area (Å²) in [5, 5.41) is 0. The fourth-order valence-electron chi connectivity index (χ4n) is 2.56. The van der Waals surface area contributed by atoms with Gasteiger partial charge < -0.3 is 9.80 Å². The molecule has 0 aliphatic carbocycles. The van der Waals surface area contributed by atoms with E-state index in [-0.39, 0.29) is 17.7 Å². The summed E-state index contributed by atoms with van der Waals surface area (Å²) in [6.45, 7) is 6.50. The number of hydrogen-bond acceptors (Lipinski definition) is 2. The summed E-state index contributed by atoms with van der Waals surface area (Å²) in [7, 11) is 1.90.